The van der Waals surface area contributed by atoms with E-state index in [0.29, 0.717) is 42.6 Å². The van der Waals surface area contributed by atoms with Crippen LogP contribution in [0.4, 0.5) is 10.5 Å². The summed E-state index contributed by atoms with van der Waals surface area (Å²) < 4.78 is 12.7. The zero-order chi connectivity index (χ0) is 24.5. The van der Waals surface area contributed by atoms with E-state index in [1.807, 2.05) is 33.8 Å². The molecular weight excluding hydrogens is 438 g/mol. The van der Waals surface area contributed by atoms with Gasteiger partial charge in [-0.25, -0.2) is 9.78 Å². The van der Waals surface area contributed by atoms with Crippen LogP contribution in [-0.2, 0) is 11.8 Å². The lowest BCUT2D eigenvalue weighted by Crippen LogP contribution is -2.36. The number of nitrogens with zero attached hydrogens (tertiary/aromatic N) is 7. The van der Waals surface area contributed by atoms with Crippen LogP contribution in [-0.4, -0.2) is 60.3 Å². The Labute approximate surface area is 197 Å². The highest BCUT2D eigenvalue weighted by atomic mass is 16.6. The molecule has 0 N–H and O–H groups in total. The van der Waals surface area contributed by atoms with Crippen LogP contribution in [0.1, 0.15) is 63.0 Å². The average molecular weight is 468 g/mol. The quantitative estimate of drug-likeness (QED) is 0.558. The van der Waals surface area contributed by atoms with Crippen molar-refractivity contribution in [3.8, 4) is 11.6 Å². The van der Waals surface area contributed by atoms with Gasteiger partial charge in [-0.2, -0.15) is 4.98 Å². The van der Waals surface area contributed by atoms with Crippen molar-refractivity contribution in [1.29, 1.82) is 0 Å². The Kier molecular flexibility index (Phi) is 6.36. The first-order chi connectivity index (χ1) is 16.2. The Balaban J connectivity index is 1.56. The molecule has 4 heterocycles. The number of carbonyl (C=O) groups is 2. The van der Waals surface area contributed by atoms with Gasteiger partial charge in [0.05, 0.1) is 18.1 Å². The van der Waals surface area contributed by atoms with E-state index in [1.165, 1.54) is 6.20 Å². The molecule has 1 fully saturated rings. The molecule has 2 amide bonds. The first-order valence-corrected chi connectivity index (χ1v) is 11.3. The molecule has 180 valence electrons. The number of pyridine rings is 1. The Morgan fingerprint density at radius 1 is 1.29 bits per heavy atom. The molecule has 3 aromatic rings. The number of carbonyl (C=O) groups excluding carboxylic acids is 2. The molecular formula is C23H29N7O4. The molecule has 1 atom stereocenters. The minimum atomic E-state index is -0.595. The number of likely N-dealkylation sites (tertiary alicyclic amines) is 1. The van der Waals surface area contributed by atoms with Crippen LogP contribution in [0.2, 0.25) is 0 Å². The molecule has 1 aliphatic heterocycles. The van der Waals surface area contributed by atoms with Crippen LogP contribution in [0, 0.1) is 0 Å². The van der Waals surface area contributed by atoms with Gasteiger partial charge in [-0.05, 0) is 52.7 Å². The predicted octanol–water partition coefficient (Wildman–Crippen LogP) is 3.60. The second-order valence-corrected chi connectivity index (χ2v) is 9.07. The molecule has 1 aliphatic rings. The third kappa shape index (κ3) is 4.63. The molecule has 0 aromatic carbocycles. The average Bonchev–Trinajstić information content (AvgIpc) is 3.53. The molecule has 0 radical (unpaired) electrons. The highest BCUT2D eigenvalue weighted by Gasteiger charge is 2.37. The molecule has 34 heavy (non-hydrogen) atoms. The zero-order valence-corrected chi connectivity index (χ0v) is 20.1. The summed E-state index contributed by atoms with van der Waals surface area (Å²) in [6.45, 7) is 8.41. The largest absolute Gasteiger partial charge is 0.444 e. The van der Waals surface area contributed by atoms with Crippen LogP contribution in [0.5, 0.6) is 0 Å². The van der Waals surface area contributed by atoms with Crippen molar-refractivity contribution in [3.05, 3.63) is 42.3 Å². The van der Waals surface area contributed by atoms with Crippen molar-refractivity contribution in [3.63, 3.8) is 0 Å². The number of ether oxygens (including phenoxy) is 1. The fraction of sp³-hybridized carbons (Fsp3) is 0.478. The Morgan fingerprint density at radius 2 is 2.09 bits per heavy atom. The number of aromatic nitrogens is 5. The lowest BCUT2D eigenvalue weighted by molar-refractivity contribution is 0.0199. The minimum absolute atomic E-state index is 0.215. The number of amides is 2. The van der Waals surface area contributed by atoms with E-state index in [0.717, 1.165) is 6.42 Å². The molecule has 3 aromatic heterocycles. The maximum Gasteiger partial charge on any atom is 0.410 e. The maximum absolute atomic E-state index is 13.2. The van der Waals surface area contributed by atoms with E-state index in [-0.39, 0.29) is 17.8 Å². The van der Waals surface area contributed by atoms with Gasteiger partial charge in [-0.3, -0.25) is 14.7 Å². The van der Waals surface area contributed by atoms with Crippen molar-refractivity contribution >= 4 is 17.7 Å². The number of rotatable bonds is 5. The van der Waals surface area contributed by atoms with Gasteiger partial charge in [-0.15, -0.1) is 0 Å². The number of anilines is 1. The second-order valence-electron chi connectivity index (χ2n) is 9.07. The van der Waals surface area contributed by atoms with Crippen LogP contribution in [0.15, 0.2) is 35.2 Å². The normalized spacial score (nSPS) is 16.0. The molecule has 0 aliphatic carbocycles. The highest BCUT2D eigenvalue weighted by Crippen LogP contribution is 2.33. The summed E-state index contributed by atoms with van der Waals surface area (Å²) in [5.74, 6) is 0.742. The van der Waals surface area contributed by atoms with E-state index < -0.39 is 11.7 Å². The summed E-state index contributed by atoms with van der Waals surface area (Å²) in [5, 5.41) is 4.07. The molecule has 4 rings (SSSR count). The van der Waals surface area contributed by atoms with Gasteiger partial charge in [0, 0.05) is 26.3 Å². The van der Waals surface area contributed by atoms with E-state index in [4.69, 9.17) is 9.26 Å². The first-order valence-electron chi connectivity index (χ1n) is 11.3. The lowest BCUT2D eigenvalue weighted by atomic mass is 10.2. The third-order valence-electron chi connectivity index (χ3n) is 5.53. The topological polar surface area (TPSA) is 119 Å². The first kappa shape index (κ1) is 23.4. The highest BCUT2D eigenvalue weighted by molar-refractivity contribution is 6.05. The van der Waals surface area contributed by atoms with Gasteiger partial charge >= 0.3 is 6.09 Å². The van der Waals surface area contributed by atoms with Crippen LogP contribution < -0.4 is 4.90 Å². The summed E-state index contributed by atoms with van der Waals surface area (Å²) in [6.07, 6.45) is 5.89. The Morgan fingerprint density at radius 3 is 2.76 bits per heavy atom. The summed E-state index contributed by atoms with van der Waals surface area (Å²) in [4.78, 5) is 42.0. The monoisotopic (exact) mass is 467 g/mol. The summed E-state index contributed by atoms with van der Waals surface area (Å²) in [5.41, 5.74) is 0.480. The van der Waals surface area contributed by atoms with E-state index >= 15 is 0 Å². The van der Waals surface area contributed by atoms with Gasteiger partial charge < -0.3 is 18.7 Å². The van der Waals surface area contributed by atoms with Gasteiger partial charge in [0.1, 0.15) is 17.3 Å². The molecule has 0 saturated carbocycles. The van der Waals surface area contributed by atoms with E-state index in [2.05, 4.69) is 20.1 Å². The molecule has 11 nitrogen and oxygen atoms in total. The standard InChI is InChI=1S/C23H29N7O4/c1-6-29(15-9-7-11-24-13-15)21(31)17-14-25-19(28(17)5)18-26-20(34-27-18)16-10-8-12-30(16)22(32)33-23(2,3)4/h7,9,11,13-14,16H,6,8,10,12H2,1-5H3. The number of hydrogen-bond donors (Lipinski definition) is 0. The molecule has 1 unspecified atom stereocenters. The van der Waals surface area contributed by atoms with Gasteiger partial charge in [0.2, 0.25) is 11.7 Å². The smallest absolute Gasteiger partial charge is 0.410 e. The molecule has 1 saturated heterocycles. The molecule has 11 heteroatoms. The van der Waals surface area contributed by atoms with Crippen molar-refractivity contribution in [2.24, 2.45) is 7.05 Å². The summed E-state index contributed by atoms with van der Waals surface area (Å²) >= 11 is 0. The van der Waals surface area contributed by atoms with Gasteiger partial charge in [0.25, 0.3) is 5.91 Å². The number of hydrogen-bond acceptors (Lipinski definition) is 8. The Bertz CT molecular complexity index is 1170. The lowest BCUT2D eigenvalue weighted by Gasteiger charge is -2.26. The SMILES string of the molecule is CCN(C(=O)c1cnc(-c2noc(C3CCCN3C(=O)OC(C)(C)C)n2)n1C)c1cccnc1. The van der Waals surface area contributed by atoms with E-state index in [9.17, 15) is 9.59 Å². The van der Waals surface area contributed by atoms with Gasteiger partial charge in [0.15, 0.2) is 5.82 Å². The van der Waals surface area contributed by atoms with Crippen LogP contribution in [0.25, 0.3) is 11.6 Å². The van der Waals surface area contributed by atoms with Crippen molar-refractivity contribution < 1.29 is 18.8 Å². The summed E-state index contributed by atoms with van der Waals surface area (Å²) in [7, 11) is 1.73. The maximum atomic E-state index is 13.2. The molecule has 0 spiro atoms. The zero-order valence-electron chi connectivity index (χ0n) is 20.1. The van der Waals surface area contributed by atoms with Crippen LogP contribution in [0.3, 0.4) is 0 Å². The Hall–Kier alpha value is -3.76. The van der Waals surface area contributed by atoms with Crippen molar-refractivity contribution in [2.75, 3.05) is 18.0 Å². The third-order valence-corrected chi connectivity index (χ3v) is 5.53. The fourth-order valence-corrected chi connectivity index (χ4v) is 3.94. The fourth-order valence-electron chi connectivity index (χ4n) is 3.94. The molecule has 0 bridgehead atoms. The van der Waals surface area contributed by atoms with Crippen molar-refractivity contribution in [1.82, 2.24) is 29.6 Å². The number of imidazole rings is 1. The van der Waals surface area contributed by atoms with Crippen molar-refractivity contribution in [2.45, 2.75) is 52.2 Å². The summed E-state index contributed by atoms with van der Waals surface area (Å²) in [6, 6.07) is 3.25. The van der Waals surface area contributed by atoms with Gasteiger partial charge in [-0.1, -0.05) is 5.16 Å². The van der Waals surface area contributed by atoms with E-state index in [1.54, 1.807) is 39.9 Å². The minimum Gasteiger partial charge on any atom is -0.444 e. The van der Waals surface area contributed by atoms with Crippen LogP contribution >= 0.6 is 0 Å². The predicted molar refractivity (Wildman–Crippen MR) is 123 cm³/mol. The second kappa shape index (κ2) is 9.24.